The van der Waals surface area contributed by atoms with Crippen molar-refractivity contribution in [1.29, 1.82) is 0 Å². The van der Waals surface area contributed by atoms with Crippen molar-refractivity contribution in [3.63, 3.8) is 0 Å². The largest absolute Gasteiger partial charge is 0.493 e. The van der Waals surface area contributed by atoms with E-state index >= 15 is 0 Å². The van der Waals surface area contributed by atoms with Crippen LogP contribution >= 0.6 is 0 Å². The van der Waals surface area contributed by atoms with Gasteiger partial charge in [0.15, 0.2) is 0 Å². The third kappa shape index (κ3) is 10.4. The summed E-state index contributed by atoms with van der Waals surface area (Å²) in [6, 6.07) is 22.2. The third-order valence-corrected chi connectivity index (χ3v) is 14.8. The van der Waals surface area contributed by atoms with Crippen LogP contribution in [-0.4, -0.2) is 125 Å². The number of rotatable bonds is 20. The smallest absolute Gasteiger partial charge is 0.342 e. The van der Waals surface area contributed by atoms with E-state index in [1.807, 2.05) is 113 Å². The van der Waals surface area contributed by atoms with Crippen molar-refractivity contribution >= 4 is 57.1 Å². The number of nitrogens with one attached hydrogen (secondary N) is 3. The van der Waals surface area contributed by atoms with Crippen LogP contribution in [0.5, 0.6) is 11.5 Å². The van der Waals surface area contributed by atoms with E-state index in [2.05, 4.69) is 16.0 Å². The van der Waals surface area contributed by atoms with Gasteiger partial charge in [-0.15, -0.1) is 0 Å². The van der Waals surface area contributed by atoms with Crippen LogP contribution in [0.25, 0.3) is 21.5 Å². The lowest BCUT2D eigenvalue weighted by Gasteiger charge is -2.36. The van der Waals surface area contributed by atoms with Gasteiger partial charge in [0.1, 0.15) is 34.8 Å². The molecule has 4 amide bonds. The number of fused-ring (bicyclic) bond motifs is 6. The molecule has 3 N–H and O–H groups in total. The van der Waals surface area contributed by atoms with Gasteiger partial charge in [-0.25, -0.2) is 9.59 Å². The van der Waals surface area contributed by atoms with Gasteiger partial charge in [-0.1, -0.05) is 60.7 Å². The lowest BCUT2D eigenvalue weighted by molar-refractivity contribution is -0.147. The summed E-state index contributed by atoms with van der Waals surface area (Å²) >= 11 is 0. The van der Waals surface area contributed by atoms with Crippen molar-refractivity contribution in [2.75, 3.05) is 67.6 Å². The molecule has 8 rings (SSSR count). The van der Waals surface area contributed by atoms with Crippen LogP contribution in [0.3, 0.4) is 0 Å². The Labute approximate surface area is 404 Å². The van der Waals surface area contributed by atoms with Gasteiger partial charge in [-0.3, -0.25) is 24.5 Å². The maximum atomic E-state index is 14.9. The second kappa shape index (κ2) is 21.7. The van der Waals surface area contributed by atoms with Crippen LogP contribution in [-0.2, 0) is 28.7 Å². The molecule has 368 valence electrons. The highest BCUT2D eigenvalue weighted by atomic mass is 16.6. The Morgan fingerprint density at radius 3 is 1.32 bits per heavy atom. The maximum Gasteiger partial charge on any atom is 0.342 e. The lowest BCUT2D eigenvalue weighted by atomic mass is 9.75. The van der Waals surface area contributed by atoms with E-state index in [1.54, 1.807) is 12.1 Å². The number of benzene rings is 4. The molecule has 4 aliphatic rings. The summed E-state index contributed by atoms with van der Waals surface area (Å²) < 4.78 is 24.4. The normalized spacial score (nSPS) is 25.5. The Hall–Kier alpha value is -6.06. The Kier molecular flexibility index (Phi) is 15.5. The summed E-state index contributed by atoms with van der Waals surface area (Å²) in [5.74, 6) is -7.59. The molecule has 4 aliphatic carbocycles. The van der Waals surface area contributed by atoms with E-state index < -0.39 is 71.5 Å². The van der Waals surface area contributed by atoms with Crippen molar-refractivity contribution in [2.24, 2.45) is 47.3 Å². The zero-order chi connectivity index (χ0) is 48.9. The van der Waals surface area contributed by atoms with E-state index in [4.69, 9.17) is 18.9 Å². The zero-order valence-corrected chi connectivity index (χ0v) is 40.7. The van der Waals surface area contributed by atoms with Crippen LogP contribution in [0, 0.1) is 47.3 Å². The lowest BCUT2D eigenvalue weighted by Crippen LogP contribution is -2.53. The Balaban J connectivity index is 1.06. The first-order valence-electron chi connectivity index (χ1n) is 24.7. The van der Waals surface area contributed by atoms with Crippen molar-refractivity contribution in [3.05, 3.63) is 83.9 Å². The van der Waals surface area contributed by atoms with Gasteiger partial charge < -0.3 is 39.4 Å². The number of hydrogen-bond donors (Lipinski definition) is 3. The molecule has 0 aliphatic heterocycles. The van der Waals surface area contributed by atoms with Crippen LogP contribution < -0.4 is 25.4 Å². The highest BCUT2D eigenvalue weighted by Gasteiger charge is 2.62. The minimum absolute atomic E-state index is 0.284. The molecule has 0 radical (unpaired) electrons. The van der Waals surface area contributed by atoms with Crippen LogP contribution in [0.2, 0.25) is 0 Å². The van der Waals surface area contributed by atoms with Gasteiger partial charge in [0.05, 0.1) is 36.9 Å². The van der Waals surface area contributed by atoms with Crippen LogP contribution in [0.4, 0.5) is 0 Å². The molecule has 10 atom stereocenters. The molecule has 0 heterocycles. The quantitative estimate of drug-likeness (QED) is 0.0546. The number of carbonyl (C=O) groups excluding carboxylic acids is 6. The van der Waals surface area contributed by atoms with E-state index in [0.29, 0.717) is 87.1 Å². The summed E-state index contributed by atoms with van der Waals surface area (Å²) in [5, 5.41) is 11.8. The minimum Gasteiger partial charge on any atom is -0.493 e. The highest BCUT2D eigenvalue weighted by Crippen LogP contribution is 2.56. The molecule has 4 aromatic carbocycles. The molecule has 4 aromatic rings. The zero-order valence-electron chi connectivity index (χ0n) is 40.7. The monoisotopic (exact) mass is 945 g/mol. The topological polar surface area (TPSA) is 182 Å². The van der Waals surface area contributed by atoms with E-state index in [1.165, 1.54) is 0 Å². The molecular formula is C54H67N5O10. The van der Waals surface area contributed by atoms with Crippen molar-refractivity contribution in [1.82, 2.24) is 25.8 Å². The summed E-state index contributed by atoms with van der Waals surface area (Å²) in [6.45, 7) is 6.66. The molecule has 15 nitrogen and oxygen atoms in total. The van der Waals surface area contributed by atoms with Gasteiger partial charge in [0.2, 0.25) is 23.6 Å². The molecule has 69 heavy (non-hydrogen) atoms. The van der Waals surface area contributed by atoms with Crippen molar-refractivity contribution in [2.45, 2.75) is 64.6 Å². The Morgan fingerprint density at radius 1 is 0.522 bits per heavy atom. The first-order chi connectivity index (χ1) is 33.3. The number of hydrogen-bond acceptors (Lipinski definition) is 12. The van der Waals surface area contributed by atoms with Gasteiger partial charge >= 0.3 is 11.9 Å². The maximum absolute atomic E-state index is 14.9. The second-order valence-electron chi connectivity index (χ2n) is 19.7. The predicted molar refractivity (Wildman–Crippen MR) is 261 cm³/mol. The number of esters is 2. The second-order valence-corrected chi connectivity index (χ2v) is 19.7. The molecule has 0 aromatic heterocycles. The van der Waals surface area contributed by atoms with Crippen LogP contribution in [0.1, 0.15) is 73.1 Å². The molecule has 15 heteroatoms. The molecule has 0 spiro atoms. The minimum atomic E-state index is -1.01. The van der Waals surface area contributed by atoms with E-state index in [9.17, 15) is 28.8 Å². The van der Waals surface area contributed by atoms with Crippen molar-refractivity contribution in [3.8, 4) is 11.5 Å². The average Bonchev–Trinajstić information content (AvgIpc) is 4.12. The summed E-state index contributed by atoms with van der Waals surface area (Å²) in [7, 11) is 7.82. The van der Waals surface area contributed by atoms with Gasteiger partial charge in [-0.05, 0) is 139 Å². The molecule has 4 bridgehead atoms. The number of imide groups is 1. The van der Waals surface area contributed by atoms with Gasteiger partial charge in [0, 0.05) is 24.9 Å². The third-order valence-electron chi connectivity index (χ3n) is 14.8. The predicted octanol–water partition coefficient (Wildman–Crippen LogP) is 5.86. The highest BCUT2D eigenvalue weighted by molar-refractivity contribution is 6.08. The molecule has 0 saturated heterocycles. The van der Waals surface area contributed by atoms with Crippen LogP contribution in [0.15, 0.2) is 72.8 Å². The summed E-state index contributed by atoms with van der Waals surface area (Å²) in [5.41, 5.74) is 0.576. The molecule has 4 saturated carbocycles. The number of carbonyl (C=O) groups is 6. The van der Waals surface area contributed by atoms with Gasteiger partial charge in [-0.2, -0.15) is 0 Å². The van der Waals surface area contributed by atoms with E-state index in [-0.39, 0.29) is 34.8 Å². The number of nitrogens with zero attached hydrogens (tertiary/aromatic N) is 2. The first kappa shape index (κ1) is 49.4. The fourth-order valence-electron chi connectivity index (χ4n) is 11.9. The SMILES string of the molecule is CCOc1ccc2ccccc2c1C(=O)OC1CC2CC1C(C(=O)NC(=O)C1C3CC(CC3OC(=O)c3c(OCC)ccc4ccccc34)C1C(=O)NCCCN(C)C)C2C(=O)NCCCN(C)C. The molecule has 10 unspecified atom stereocenters. The fraction of sp³-hybridized carbons (Fsp3) is 0.519. The Morgan fingerprint density at radius 2 is 0.928 bits per heavy atom. The summed E-state index contributed by atoms with van der Waals surface area (Å²) in [4.78, 5) is 90.6. The average molecular weight is 946 g/mol. The molecule has 4 fully saturated rings. The fourth-order valence-corrected chi connectivity index (χ4v) is 11.9. The van der Waals surface area contributed by atoms with Crippen molar-refractivity contribution < 1.29 is 47.7 Å². The number of ether oxygens (including phenoxy) is 4. The standard InChI is InChI=1S/C54H67N5O10/c1-7-66-39-21-19-31-15-9-11-17-35(31)45(39)53(64)68-41-29-33-27-37(41)47(43(33)49(60)55-23-13-25-58(3)4)51(62)57-52(63)48-38-28-34(44(48)50(61)56-24-14-26-59(5)6)30-42(38)69-54(65)46-36-18-12-10-16-32(36)20-22-40(46)67-8-2/h9-12,15-22,33-34,37-38,41-44,47-48H,7-8,13-14,23-30H2,1-6H3,(H,55,60)(H,56,61)(H,57,62,63). The van der Waals surface area contributed by atoms with E-state index in [0.717, 1.165) is 23.9 Å². The number of amides is 4. The molecular weight excluding hydrogens is 879 g/mol. The Bertz CT molecular complexity index is 2390. The van der Waals surface area contributed by atoms with Gasteiger partial charge in [0.25, 0.3) is 0 Å². The first-order valence-corrected chi connectivity index (χ1v) is 24.7. The summed E-state index contributed by atoms with van der Waals surface area (Å²) in [6.07, 6.45) is 1.58.